The van der Waals surface area contributed by atoms with E-state index in [1.165, 1.54) is 0 Å². The van der Waals surface area contributed by atoms with E-state index in [1.807, 2.05) is 27.7 Å². The monoisotopic (exact) mass is 1160 g/mol. The molecule has 3 heterocycles. The zero-order valence-electron chi connectivity index (χ0n) is 47.8. The van der Waals surface area contributed by atoms with Crippen molar-refractivity contribution in [1.29, 1.82) is 0 Å². The average molecular weight is 1160 g/mol. The van der Waals surface area contributed by atoms with E-state index >= 15 is 0 Å². The third-order valence-corrected chi connectivity index (χ3v) is 21.5. The van der Waals surface area contributed by atoms with E-state index in [0.717, 1.165) is 5.57 Å². The SMILES string of the molecule is CC=C(C)C(=O)O[C@H]1[C@H](OC(=O)C(C)=CC)[C@@]2(CO)C(CC1(C)C)C1=CCC3[C@@]4(C)CCC(O[C@@H]5OC(C(=O)O)[C@@H](O)[C@@H](OC6OC(CO)C(O)C6O)C5O[C@@H]5OC(CO)[C@@H](O)[C@@H](O)C5O)[C@](C)(CO)C4CC[C@@]3(C)[C@]1(C)[C@@H](O)[C@H]2O. The number of fused-ring (bicyclic) bond motifs is 7. The number of ether oxygens (including phenoxy) is 8. The fourth-order valence-corrected chi connectivity index (χ4v) is 16.2. The molecule has 5 aliphatic carbocycles. The molecule has 12 unspecified atom stereocenters. The van der Waals surface area contributed by atoms with Gasteiger partial charge in [0.2, 0.25) is 0 Å². The molecule has 24 nitrogen and oxygen atoms in total. The number of esters is 2. The summed E-state index contributed by atoms with van der Waals surface area (Å²) >= 11 is 0. The first-order valence-corrected chi connectivity index (χ1v) is 28.3. The van der Waals surface area contributed by atoms with Crippen molar-refractivity contribution in [2.45, 2.75) is 224 Å². The minimum absolute atomic E-state index is 0.165. The van der Waals surface area contributed by atoms with Crippen LogP contribution in [-0.2, 0) is 52.3 Å². The van der Waals surface area contributed by atoms with Crippen LogP contribution in [0.3, 0.4) is 0 Å². The lowest BCUT2D eigenvalue weighted by atomic mass is 9.32. The Kier molecular flexibility index (Phi) is 18.4. The van der Waals surface area contributed by atoms with Gasteiger partial charge in [0.1, 0.15) is 67.1 Å². The zero-order chi connectivity index (χ0) is 60.0. The Balaban J connectivity index is 1.15. The first kappa shape index (κ1) is 63.9. The lowest BCUT2D eigenvalue weighted by Gasteiger charge is -2.73. The third-order valence-electron chi connectivity index (χ3n) is 21.5. The number of rotatable bonds is 15. The molecular formula is C57H88O24. The molecule has 0 aromatic rings. The largest absolute Gasteiger partial charge is 0.479 e. The highest BCUT2D eigenvalue weighted by atomic mass is 16.8. The molecule has 0 radical (unpaired) electrons. The van der Waals surface area contributed by atoms with Gasteiger partial charge in [-0.25, -0.2) is 14.4 Å². The van der Waals surface area contributed by atoms with Gasteiger partial charge in [0.25, 0.3) is 0 Å². The lowest BCUT2D eigenvalue weighted by Crippen LogP contribution is -2.76. The Labute approximate surface area is 471 Å². The van der Waals surface area contributed by atoms with Gasteiger partial charge in [-0.1, -0.05) is 65.3 Å². The van der Waals surface area contributed by atoms with Crippen LogP contribution >= 0.6 is 0 Å². The molecule has 8 aliphatic rings. The third kappa shape index (κ3) is 9.98. The molecule has 3 aliphatic heterocycles. The summed E-state index contributed by atoms with van der Waals surface area (Å²) in [6, 6.07) is 0. The summed E-state index contributed by atoms with van der Waals surface area (Å²) < 4.78 is 48.8. The summed E-state index contributed by atoms with van der Waals surface area (Å²) in [7, 11) is 0. The van der Waals surface area contributed by atoms with Gasteiger partial charge >= 0.3 is 17.9 Å². The number of hydrogen-bond acceptors (Lipinski definition) is 23. The van der Waals surface area contributed by atoms with Crippen LogP contribution in [0.15, 0.2) is 34.9 Å². The van der Waals surface area contributed by atoms with Crippen molar-refractivity contribution in [3.05, 3.63) is 34.9 Å². The van der Waals surface area contributed by atoms with Crippen molar-refractivity contribution < 1.29 is 119 Å². The van der Waals surface area contributed by atoms with Gasteiger partial charge in [-0.05, 0) is 94.8 Å². The van der Waals surface area contributed by atoms with E-state index in [4.69, 9.17) is 37.9 Å². The Morgan fingerprint density at radius 3 is 1.70 bits per heavy atom. The van der Waals surface area contributed by atoms with Gasteiger partial charge in [-0.15, -0.1) is 0 Å². The molecule has 81 heavy (non-hydrogen) atoms. The van der Waals surface area contributed by atoms with Crippen LogP contribution in [0.5, 0.6) is 0 Å². The Morgan fingerprint density at radius 2 is 1.17 bits per heavy atom. The van der Waals surface area contributed by atoms with Crippen LogP contribution in [0.4, 0.5) is 0 Å². The predicted octanol–water partition coefficient (Wildman–Crippen LogP) is -0.765. The molecule has 460 valence electrons. The maximum absolute atomic E-state index is 13.9. The van der Waals surface area contributed by atoms with E-state index < -0.39 is 205 Å². The van der Waals surface area contributed by atoms with Crippen molar-refractivity contribution in [3.63, 3.8) is 0 Å². The highest BCUT2D eigenvalue weighted by Gasteiger charge is 2.77. The van der Waals surface area contributed by atoms with Gasteiger partial charge in [0.15, 0.2) is 31.1 Å². The number of aliphatic hydroxyl groups is 12. The van der Waals surface area contributed by atoms with Crippen molar-refractivity contribution in [1.82, 2.24) is 0 Å². The van der Waals surface area contributed by atoms with Gasteiger partial charge in [-0.3, -0.25) is 0 Å². The number of carboxylic acid groups (broad SMARTS) is 1. The van der Waals surface area contributed by atoms with Crippen molar-refractivity contribution >= 4 is 17.9 Å². The van der Waals surface area contributed by atoms with Crippen molar-refractivity contribution in [2.75, 3.05) is 26.4 Å². The molecule has 3 saturated heterocycles. The predicted molar refractivity (Wildman–Crippen MR) is 278 cm³/mol. The van der Waals surface area contributed by atoms with Crippen LogP contribution in [0.2, 0.25) is 0 Å². The number of carbonyl (C=O) groups excluding carboxylic acids is 2. The Morgan fingerprint density at radius 1 is 0.630 bits per heavy atom. The first-order valence-electron chi connectivity index (χ1n) is 28.3. The van der Waals surface area contributed by atoms with Crippen LogP contribution in [0.25, 0.3) is 0 Å². The van der Waals surface area contributed by atoms with Crippen molar-refractivity contribution in [2.24, 2.45) is 50.2 Å². The van der Waals surface area contributed by atoms with Crippen LogP contribution in [0, 0.1) is 50.2 Å². The summed E-state index contributed by atoms with van der Waals surface area (Å²) in [6.45, 7) is 15.3. The minimum atomic E-state index is -2.18. The molecule has 8 rings (SSSR count). The highest BCUT2D eigenvalue weighted by molar-refractivity contribution is 5.89. The average Bonchev–Trinajstić information content (AvgIpc) is 1.99. The highest BCUT2D eigenvalue weighted by Crippen LogP contribution is 2.76. The van der Waals surface area contributed by atoms with Gasteiger partial charge in [0, 0.05) is 27.4 Å². The zero-order valence-corrected chi connectivity index (χ0v) is 47.8. The second kappa shape index (κ2) is 23.3. The molecule has 24 heteroatoms. The number of aliphatic carboxylic acids is 1. The second-order valence-electron chi connectivity index (χ2n) is 25.9. The minimum Gasteiger partial charge on any atom is -0.479 e. The van der Waals surface area contributed by atoms with Crippen LogP contribution in [0.1, 0.15) is 108 Å². The van der Waals surface area contributed by atoms with E-state index in [1.54, 1.807) is 39.8 Å². The Hall–Kier alpha value is -3.09. The molecule has 0 amide bonds. The quantitative estimate of drug-likeness (QED) is 0.0415. The number of hydrogen-bond donors (Lipinski definition) is 13. The smallest absolute Gasteiger partial charge is 0.335 e. The number of carboxylic acids is 1. The van der Waals surface area contributed by atoms with Crippen LogP contribution < -0.4 is 0 Å². The molecule has 7 fully saturated rings. The molecule has 4 saturated carbocycles. The summed E-state index contributed by atoms with van der Waals surface area (Å²) in [6.07, 6.45) is -25.7. The number of aliphatic hydroxyl groups excluding tert-OH is 12. The molecule has 0 aromatic carbocycles. The fourth-order valence-electron chi connectivity index (χ4n) is 16.2. The van der Waals surface area contributed by atoms with Gasteiger partial charge in [-0.2, -0.15) is 0 Å². The summed E-state index contributed by atoms with van der Waals surface area (Å²) in [5, 5.41) is 146. The van der Waals surface area contributed by atoms with E-state index in [0.29, 0.717) is 31.3 Å². The molecule has 13 N–H and O–H groups in total. The molecule has 27 atom stereocenters. The van der Waals surface area contributed by atoms with E-state index in [9.17, 15) is 80.8 Å². The standard InChI is InChI=1S/C57H88O24/c1-11-24(3)47(72)80-44-45(81-48(73)25(4)12-2)57(23-61)27(19-52(44,5)6)26-13-14-31-53(7)17-16-32(54(8,22-60)30(53)15-18-55(31,9)56(26,10)42(68)43(57)69)76-51-41(79-50-37(66)35(64)33(62)28(20-58)74-50)39(38(67)40(78-51)46(70)71)77-49-36(65)34(63)29(21-59)75-49/h11-13,27-45,49-51,58-69H,14-23H2,1-10H3,(H,70,71)/t27?,28?,29?,30?,31?,32?,33-,34?,35-,36?,37?,38+,39-,40?,41?,42+,43-,44+,45+,49?,50+,51-,53+,54-,55-,56+,57+/m1/s1. The molecular weight excluding hydrogens is 1070 g/mol. The topological polar surface area (TPSA) is 388 Å². The summed E-state index contributed by atoms with van der Waals surface area (Å²) in [4.78, 5) is 40.4. The lowest BCUT2D eigenvalue weighted by molar-refractivity contribution is -0.387. The first-order chi connectivity index (χ1) is 37.9. The van der Waals surface area contributed by atoms with E-state index in [2.05, 4.69) is 19.9 Å². The normalized spacial score (nSPS) is 49.8. The van der Waals surface area contributed by atoms with Crippen LogP contribution in [-0.4, -0.2) is 227 Å². The van der Waals surface area contributed by atoms with Crippen molar-refractivity contribution in [3.8, 4) is 0 Å². The summed E-state index contributed by atoms with van der Waals surface area (Å²) in [5.74, 6) is -4.48. The van der Waals surface area contributed by atoms with Gasteiger partial charge < -0.3 is 104 Å². The summed E-state index contributed by atoms with van der Waals surface area (Å²) in [5.41, 5.74) is -5.25. The molecule has 0 spiro atoms. The number of allylic oxidation sites excluding steroid dienone is 3. The van der Waals surface area contributed by atoms with Gasteiger partial charge in [0.05, 0.1) is 50.2 Å². The second-order valence-corrected chi connectivity index (χ2v) is 25.9. The Bertz CT molecular complexity index is 2410. The maximum atomic E-state index is 13.9. The fraction of sp³-hybridized carbons (Fsp3) is 0.842. The molecule has 0 aromatic heterocycles. The van der Waals surface area contributed by atoms with E-state index in [-0.39, 0.29) is 24.3 Å². The maximum Gasteiger partial charge on any atom is 0.335 e. The number of carbonyl (C=O) groups is 3. The molecule has 0 bridgehead atoms.